The molecule has 0 fully saturated rings. The Balaban J connectivity index is 1.69. The third-order valence-electron chi connectivity index (χ3n) is 4.45. The van der Waals surface area contributed by atoms with Crippen molar-refractivity contribution < 1.29 is 9.21 Å². The second-order valence-corrected chi connectivity index (χ2v) is 6.05. The standard InChI is InChI=1S/C19H18N2O2/c1-12-11-15(13-5-2-3-6-16(13)20-12)19(22)21-17-7-4-8-18-14(17)9-10-23-18/h2-3,5-6,9-11,17H,4,7-8H2,1H3,(H,21,22)/t17-/m0/s1. The van der Waals surface area contributed by atoms with Gasteiger partial charge in [0.2, 0.25) is 0 Å². The lowest BCUT2D eigenvalue weighted by atomic mass is 9.93. The van der Waals surface area contributed by atoms with Crippen LogP contribution in [-0.2, 0) is 6.42 Å². The summed E-state index contributed by atoms with van der Waals surface area (Å²) in [6.45, 7) is 1.91. The molecule has 0 bridgehead atoms. The third kappa shape index (κ3) is 2.50. The number of hydrogen-bond donors (Lipinski definition) is 1. The Hall–Kier alpha value is -2.62. The Morgan fingerprint density at radius 1 is 1.30 bits per heavy atom. The first kappa shape index (κ1) is 14.0. The van der Waals surface area contributed by atoms with Gasteiger partial charge >= 0.3 is 0 Å². The molecule has 4 nitrogen and oxygen atoms in total. The Morgan fingerprint density at radius 2 is 2.17 bits per heavy atom. The topological polar surface area (TPSA) is 55.1 Å². The maximum atomic E-state index is 12.8. The number of carbonyl (C=O) groups excluding carboxylic acids is 1. The summed E-state index contributed by atoms with van der Waals surface area (Å²) in [7, 11) is 0. The number of benzene rings is 1. The van der Waals surface area contributed by atoms with Gasteiger partial charge in [-0.2, -0.15) is 0 Å². The Morgan fingerprint density at radius 3 is 3.09 bits per heavy atom. The highest BCUT2D eigenvalue weighted by Gasteiger charge is 2.25. The monoisotopic (exact) mass is 306 g/mol. The fraction of sp³-hybridized carbons (Fsp3) is 0.263. The van der Waals surface area contributed by atoms with Crippen LogP contribution in [0.25, 0.3) is 10.9 Å². The van der Waals surface area contributed by atoms with Crippen LogP contribution in [0.4, 0.5) is 0 Å². The van der Waals surface area contributed by atoms with Crippen LogP contribution < -0.4 is 5.32 Å². The number of nitrogens with one attached hydrogen (secondary N) is 1. The minimum Gasteiger partial charge on any atom is -0.469 e. The van der Waals surface area contributed by atoms with Gasteiger partial charge in [-0.15, -0.1) is 0 Å². The summed E-state index contributed by atoms with van der Waals surface area (Å²) in [4.78, 5) is 17.3. The van der Waals surface area contributed by atoms with Gasteiger partial charge in [0.15, 0.2) is 0 Å². The minimum absolute atomic E-state index is 0.0252. The van der Waals surface area contributed by atoms with Crippen molar-refractivity contribution in [2.75, 3.05) is 0 Å². The van der Waals surface area contributed by atoms with E-state index in [9.17, 15) is 4.79 Å². The molecule has 3 aromatic rings. The van der Waals surface area contributed by atoms with Crippen molar-refractivity contribution in [1.82, 2.24) is 10.3 Å². The van der Waals surface area contributed by atoms with Crippen molar-refractivity contribution in [3.05, 3.63) is 65.2 Å². The molecule has 2 aromatic heterocycles. The van der Waals surface area contributed by atoms with Crippen molar-refractivity contribution >= 4 is 16.8 Å². The molecule has 4 heteroatoms. The van der Waals surface area contributed by atoms with E-state index >= 15 is 0 Å². The molecule has 0 saturated carbocycles. The molecule has 4 rings (SSSR count). The fourth-order valence-electron chi connectivity index (χ4n) is 3.37. The number of carbonyl (C=O) groups is 1. The van der Waals surface area contributed by atoms with E-state index in [1.807, 2.05) is 43.3 Å². The molecule has 0 unspecified atom stereocenters. The number of pyridine rings is 1. The first-order valence-corrected chi connectivity index (χ1v) is 7.96. The number of hydrogen-bond acceptors (Lipinski definition) is 3. The van der Waals surface area contributed by atoms with Crippen molar-refractivity contribution in [1.29, 1.82) is 0 Å². The number of furan rings is 1. The normalized spacial score (nSPS) is 17.0. The van der Waals surface area contributed by atoms with Gasteiger partial charge in [0.25, 0.3) is 5.91 Å². The van der Waals surface area contributed by atoms with Crippen LogP contribution in [0, 0.1) is 6.92 Å². The summed E-state index contributed by atoms with van der Waals surface area (Å²) >= 11 is 0. The number of fused-ring (bicyclic) bond motifs is 2. The molecule has 0 spiro atoms. The largest absolute Gasteiger partial charge is 0.469 e. The molecule has 0 saturated heterocycles. The highest BCUT2D eigenvalue weighted by Crippen LogP contribution is 2.31. The van der Waals surface area contributed by atoms with E-state index in [4.69, 9.17) is 4.42 Å². The highest BCUT2D eigenvalue weighted by molar-refractivity contribution is 6.06. The van der Waals surface area contributed by atoms with E-state index in [0.29, 0.717) is 5.56 Å². The smallest absolute Gasteiger partial charge is 0.252 e. The molecule has 1 aliphatic carbocycles. The fourth-order valence-corrected chi connectivity index (χ4v) is 3.37. The molecule has 1 atom stereocenters. The zero-order chi connectivity index (χ0) is 15.8. The third-order valence-corrected chi connectivity index (χ3v) is 4.45. The lowest BCUT2D eigenvalue weighted by molar-refractivity contribution is 0.0934. The van der Waals surface area contributed by atoms with Crippen molar-refractivity contribution in [3.63, 3.8) is 0 Å². The Kier molecular flexibility index (Phi) is 3.37. The average molecular weight is 306 g/mol. The van der Waals surface area contributed by atoms with Crippen LogP contribution in [0.3, 0.4) is 0 Å². The number of para-hydroxylation sites is 1. The molecule has 2 heterocycles. The zero-order valence-electron chi connectivity index (χ0n) is 13.0. The summed E-state index contributed by atoms with van der Waals surface area (Å²) in [5, 5.41) is 4.06. The maximum Gasteiger partial charge on any atom is 0.252 e. The molecule has 23 heavy (non-hydrogen) atoms. The number of aromatic nitrogens is 1. The zero-order valence-corrected chi connectivity index (χ0v) is 13.0. The van der Waals surface area contributed by atoms with Gasteiger partial charge in [-0.1, -0.05) is 18.2 Å². The first-order valence-electron chi connectivity index (χ1n) is 7.96. The molecule has 0 radical (unpaired) electrons. The number of nitrogens with zero attached hydrogens (tertiary/aromatic N) is 1. The van der Waals surface area contributed by atoms with Gasteiger partial charge in [0, 0.05) is 23.1 Å². The molecule has 0 aliphatic heterocycles. The number of aryl methyl sites for hydroxylation is 2. The molecule has 1 aliphatic rings. The van der Waals surface area contributed by atoms with Crippen LogP contribution in [0.5, 0.6) is 0 Å². The molecule has 1 aromatic carbocycles. The summed E-state index contributed by atoms with van der Waals surface area (Å²) in [6, 6.07) is 11.6. The van der Waals surface area contributed by atoms with Crippen molar-refractivity contribution in [3.8, 4) is 0 Å². The summed E-state index contributed by atoms with van der Waals surface area (Å²) in [5.74, 6) is 0.947. The predicted molar refractivity (Wildman–Crippen MR) is 88.3 cm³/mol. The minimum atomic E-state index is -0.0502. The summed E-state index contributed by atoms with van der Waals surface area (Å²) in [6.07, 6.45) is 4.63. The van der Waals surface area contributed by atoms with Gasteiger partial charge in [-0.3, -0.25) is 9.78 Å². The van der Waals surface area contributed by atoms with Crippen LogP contribution in [0.1, 0.15) is 46.3 Å². The second-order valence-electron chi connectivity index (χ2n) is 6.05. The molecule has 1 amide bonds. The van der Waals surface area contributed by atoms with Gasteiger partial charge in [-0.05, 0) is 38.0 Å². The first-order chi connectivity index (χ1) is 11.2. The lowest BCUT2D eigenvalue weighted by Crippen LogP contribution is -2.30. The van der Waals surface area contributed by atoms with E-state index in [1.165, 1.54) is 0 Å². The van der Waals surface area contributed by atoms with Crippen LogP contribution in [0.15, 0.2) is 47.1 Å². The van der Waals surface area contributed by atoms with Crippen molar-refractivity contribution in [2.45, 2.75) is 32.2 Å². The van der Waals surface area contributed by atoms with Crippen LogP contribution in [0.2, 0.25) is 0 Å². The predicted octanol–water partition coefficient (Wildman–Crippen LogP) is 3.94. The van der Waals surface area contributed by atoms with E-state index in [1.54, 1.807) is 6.26 Å². The van der Waals surface area contributed by atoms with Crippen LogP contribution >= 0.6 is 0 Å². The van der Waals surface area contributed by atoms with Crippen molar-refractivity contribution in [2.24, 2.45) is 0 Å². The molecular formula is C19H18N2O2. The van der Waals surface area contributed by atoms with E-state index in [2.05, 4.69) is 10.3 Å². The van der Waals surface area contributed by atoms with Crippen LogP contribution in [-0.4, -0.2) is 10.9 Å². The van der Waals surface area contributed by atoms with Gasteiger partial charge in [0.1, 0.15) is 5.76 Å². The van der Waals surface area contributed by atoms with Gasteiger partial charge < -0.3 is 9.73 Å². The lowest BCUT2D eigenvalue weighted by Gasteiger charge is -2.23. The van der Waals surface area contributed by atoms with E-state index in [-0.39, 0.29) is 11.9 Å². The number of amides is 1. The second kappa shape index (κ2) is 5.54. The van der Waals surface area contributed by atoms with Gasteiger partial charge in [-0.25, -0.2) is 0 Å². The molecular weight excluding hydrogens is 288 g/mol. The Labute approximate surface area is 134 Å². The highest BCUT2D eigenvalue weighted by atomic mass is 16.3. The summed E-state index contributed by atoms with van der Waals surface area (Å²) in [5.41, 5.74) is 3.50. The molecule has 1 N–H and O–H groups in total. The van der Waals surface area contributed by atoms with E-state index < -0.39 is 0 Å². The quantitative estimate of drug-likeness (QED) is 0.780. The molecule has 116 valence electrons. The average Bonchev–Trinajstić information content (AvgIpc) is 3.03. The Bertz CT molecular complexity index is 882. The SMILES string of the molecule is Cc1cc(C(=O)N[C@H]2CCCc3occc32)c2ccccc2n1. The summed E-state index contributed by atoms with van der Waals surface area (Å²) < 4.78 is 5.50. The number of rotatable bonds is 2. The van der Waals surface area contributed by atoms with Gasteiger partial charge in [0.05, 0.1) is 23.4 Å². The maximum absolute atomic E-state index is 12.8. The van der Waals surface area contributed by atoms with E-state index in [0.717, 1.165) is 47.2 Å².